The average molecular weight is 500 g/mol. The van der Waals surface area contributed by atoms with Crippen molar-refractivity contribution in [3.8, 4) is 0 Å². The van der Waals surface area contributed by atoms with Crippen molar-refractivity contribution in [1.29, 1.82) is 0 Å². The van der Waals surface area contributed by atoms with Crippen LogP contribution < -0.4 is 0 Å². The van der Waals surface area contributed by atoms with Gasteiger partial charge in [0, 0.05) is 6.61 Å². The largest absolute Gasteiger partial charge is 0.444 e. The minimum absolute atomic E-state index is 0.00698. The lowest BCUT2D eigenvalue weighted by atomic mass is 9.97. The minimum atomic E-state index is -2.05. The zero-order valence-corrected chi connectivity index (χ0v) is 25.5. The fourth-order valence-electron chi connectivity index (χ4n) is 2.92. The molecule has 8 heteroatoms. The molecule has 1 aliphatic heterocycles. The molecule has 0 bridgehead atoms. The molecule has 0 aromatic rings. The van der Waals surface area contributed by atoms with E-state index < -0.39 is 28.3 Å². The molecule has 33 heavy (non-hydrogen) atoms. The highest BCUT2D eigenvalue weighted by Crippen LogP contribution is 2.38. The van der Waals surface area contributed by atoms with E-state index in [4.69, 9.17) is 13.6 Å². The molecular formula is C25H49NO5Si2. The zero-order chi connectivity index (χ0) is 26.0. The Balaban J connectivity index is 3.16. The number of carbonyl (C=O) groups excluding carboxylic acids is 2. The van der Waals surface area contributed by atoms with E-state index in [2.05, 4.69) is 67.7 Å². The van der Waals surface area contributed by atoms with Gasteiger partial charge in [0.25, 0.3) is 0 Å². The first kappa shape index (κ1) is 30.1. The van der Waals surface area contributed by atoms with Crippen LogP contribution in [0.1, 0.15) is 68.7 Å². The van der Waals surface area contributed by atoms with E-state index in [1.165, 1.54) is 0 Å². The summed E-state index contributed by atoms with van der Waals surface area (Å²) in [7, 11) is -3.96. The van der Waals surface area contributed by atoms with Crippen LogP contribution in [-0.2, 0) is 18.4 Å². The highest BCUT2D eigenvalue weighted by atomic mass is 28.4. The van der Waals surface area contributed by atoms with Gasteiger partial charge in [0.15, 0.2) is 22.4 Å². The van der Waals surface area contributed by atoms with Crippen LogP contribution in [0.2, 0.25) is 36.3 Å². The van der Waals surface area contributed by atoms with E-state index in [0.29, 0.717) is 19.6 Å². The third-order valence-electron chi connectivity index (χ3n) is 7.17. The second-order valence-corrected chi connectivity index (χ2v) is 22.9. The maximum Gasteiger partial charge on any atom is 0.411 e. The Morgan fingerprint density at radius 3 is 1.88 bits per heavy atom. The van der Waals surface area contributed by atoms with Gasteiger partial charge in [-0.15, -0.1) is 0 Å². The van der Waals surface area contributed by atoms with E-state index in [1.807, 2.05) is 20.8 Å². The third-order valence-corrected chi connectivity index (χ3v) is 16.2. The molecule has 1 heterocycles. The quantitative estimate of drug-likeness (QED) is 0.372. The van der Waals surface area contributed by atoms with Crippen LogP contribution in [0.15, 0.2) is 11.6 Å². The Labute approximate surface area is 204 Å². The van der Waals surface area contributed by atoms with Gasteiger partial charge in [-0.2, -0.15) is 0 Å². The molecule has 0 unspecified atom stereocenters. The summed E-state index contributed by atoms with van der Waals surface area (Å²) in [6, 6.07) is -0.338. The summed E-state index contributed by atoms with van der Waals surface area (Å²) in [6.45, 7) is 28.4. The molecular weight excluding hydrogens is 450 g/mol. The summed E-state index contributed by atoms with van der Waals surface area (Å²) in [5, 5.41) is 0.153. The van der Waals surface area contributed by atoms with Crippen LogP contribution in [0.3, 0.4) is 0 Å². The fraction of sp³-hybridized carbons (Fsp3) is 0.840. The average Bonchev–Trinajstić information content (AvgIpc) is 2.56. The van der Waals surface area contributed by atoms with Crippen molar-refractivity contribution < 1.29 is 23.2 Å². The van der Waals surface area contributed by atoms with Crippen LogP contribution >= 0.6 is 0 Å². The molecule has 0 fully saturated rings. The molecule has 0 N–H and O–H groups in total. The standard InChI is InChI=1S/C25H49NO5Si2/c1-23(2,3)31-22(28)26-17-20(27)16-19(14-15-29-32(10,11)24(4,5)6)21(26)18-30-33(12,13)25(7,8)9/h16,21H,14-15,17-18H2,1-13H3/t21-/m1/s1. The topological polar surface area (TPSA) is 65.1 Å². The van der Waals surface area contributed by atoms with Gasteiger partial charge in [-0.05, 0) is 75.1 Å². The second-order valence-electron chi connectivity index (χ2n) is 13.2. The summed E-state index contributed by atoms with van der Waals surface area (Å²) >= 11 is 0. The number of carbonyl (C=O) groups is 2. The van der Waals surface area contributed by atoms with Crippen molar-refractivity contribution in [1.82, 2.24) is 4.90 Å². The van der Waals surface area contributed by atoms with Crippen molar-refractivity contribution in [3.05, 3.63) is 11.6 Å². The van der Waals surface area contributed by atoms with Crippen molar-refractivity contribution in [2.24, 2.45) is 0 Å². The third kappa shape index (κ3) is 8.64. The molecule has 0 saturated heterocycles. The molecule has 1 rings (SSSR count). The van der Waals surface area contributed by atoms with Crippen LogP contribution in [0.4, 0.5) is 4.79 Å². The van der Waals surface area contributed by atoms with Crippen LogP contribution in [0.5, 0.6) is 0 Å². The monoisotopic (exact) mass is 499 g/mol. The smallest absolute Gasteiger partial charge is 0.411 e. The molecule has 0 aromatic carbocycles. The van der Waals surface area contributed by atoms with Crippen LogP contribution in [0.25, 0.3) is 0 Å². The van der Waals surface area contributed by atoms with Crippen molar-refractivity contribution in [3.63, 3.8) is 0 Å². The second kappa shape index (κ2) is 10.3. The summed E-state index contributed by atoms with van der Waals surface area (Å²) in [5.41, 5.74) is 0.243. The molecule has 1 aliphatic rings. The predicted octanol–water partition coefficient (Wildman–Crippen LogP) is 6.53. The number of ketones is 1. The van der Waals surface area contributed by atoms with Gasteiger partial charge < -0.3 is 13.6 Å². The number of hydrogen-bond acceptors (Lipinski definition) is 5. The lowest BCUT2D eigenvalue weighted by molar-refractivity contribution is -0.117. The van der Waals surface area contributed by atoms with Crippen LogP contribution in [0, 0.1) is 0 Å². The van der Waals surface area contributed by atoms with Crippen LogP contribution in [-0.4, -0.2) is 64.8 Å². The highest BCUT2D eigenvalue weighted by molar-refractivity contribution is 6.74. The van der Waals surface area contributed by atoms with Gasteiger partial charge in [-0.3, -0.25) is 9.69 Å². The Hall–Kier alpha value is -0.966. The normalized spacial score (nSPS) is 18.9. The lowest BCUT2D eigenvalue weighted by Crippen LogP contribution is -2.53. The molecule has 0 radical (unpaired) electrons. The van der Waals surface area contributed by atoms with E-state index in [-0.39, 0.29) is 28.4 Å². The molecule has 6 nitrogen and oxygen atoms in total. The number of hydrogen-bond donors (Lipinski definition) is 0. The Bertz CT molecular complexity index is 739. The number of amides is 1. The molecule has 0 spiro atoms. The predicted molar refractivity (Wildman–Crippen MR) is 141 cm³/mol. The first-order chi connectivity index (χ1) is 14.6. The number of rotatable bonds is 7. The lowest BCUT2D eigenvalue weighted by Gasteiger charge is -2.41. The van der Waals surface area contributed by atoms with Crippen molar-refractivity contribution >= 4 is 28.5 Å². The summed E-state index contributed by atoms with van der Waals surface area (Å²) < 4.78 is 18.5. The molecule has 1 atom stereocenters. The molecule has 0 saturated carbocycles. The van der Waals surface area contributed by atoms with Gasteiger partial charge in [-0.1, -0.05) is 41.5 Å². The maximum atomic E-state index is 13.1. The van der Waals surface area contributed by atoms with Crippen molar-refractivity contribution in [2.45, 2.75) is 117 Å². The summed E-state index contributed by atoms with van der Waals surface area (Å²) in [5.74, 6) is -0.0910. The molecule has 192 valence electrons. The molecule has 0 aromatic heterocycles. The molecule has 0 aliphatic carbocycles. The first-order valence-electron chi connectivity index (χ1n) is 12.1. The van der Waals surface area contributed by atoms with Gasteiger partial charge >= 0.3 is 6.09 Å². The zero-order valence-electron chi connectivity index (χ0n) is 23.5. The summed E-state index contributed by atoms with van der Waals surface area (Å²) in [6.07, 6.45) is 1.80. The Morgan fingerprint density at radius 2 is 1.42 bits per heavy atom. The van der Waals surface area contributed by atoms with Gasteiger partial charge in [0.05, 0.1) is 19.2 Å². The van der Waals surface area contributed by atoms with E-state index >= 15 is 0 Å². The van der Waals surface area contributed by atoms with Gasteiger partial charge in [0.2, 0.25) is 0 Å². The number of nitrogens with zero attached hydrogens (tertiary/aromatic N) is 1. The van der Waals surface area contributed by atoms with E-state index in [1.54, 1.807) is 11.0 Å². The van der Waals surface area contributed by atoms with Crippen molar-refractivity contribution in [2.75, 3.05) is 19.8 Å². The SMILES string of the molecule is CC(C)(C)OC(=O)N1CC(=O)C=C(CCO[Si](C)(C)C(C)(C)C)[C@H]1CO[Si](C)(C)C(C)(C)C. The highest BCUT2D eigenvalue weighted by Gasteiger charge is 2.41. The maximum absolute atomic E-state index is 13.1. The molecule has 1 amide bonds. The first-order valence-corrected chi connectivity index (χ1v) is 17.9. The van der Waals surface area contributed by atoms with E-state index in [0.717, 1.165) is 5.57 Å². The minimum Gasteiger partial charge on any atom is -0.444 e. The fourth-order valence-corrected chi connectivity index (χ4v) is 4.97. The number of ether oxygens (including phenoxy) is 1. The Kier molecular flexibility index (Phi) is 9.42. The Morgan fingerprint density at radius 1 is 0.939 bits per heavy atom. The summed E-state index contributed by atoms with van der Waals surface area (Å²) in [4.78, 5) is 27.2. The van der Waals surface area contributed by atoms with Gasteiger partial charge in [0.1, 0.15) is 5.60 Å². The van der Waals surface area contributed by atoms with E-state index in [9.17, 15) is 9.59 Å². The van der Waals surface area contributed by atoms with Gasteiger partial charge in [-0.25, -0.2) is 4.79 Å².